The van der Waals surface area contributed by atoms with Gasteiger partial charge < -0.3 is 4.74 Å². The Bertz CT molecular complexity index is 262. The minimum atomic E-state index is 0.620. The standard InChI is InChI=1S/C11H15NO/c1-9-2-3-11(12-8-9)10-4-6-13-7-5-10/h2-3,8,10H,4-7H2,1H3. The average Bonchev–Trinajstić information content (AvgIpc) is 2.20. The number of nitrogens with zero attached hydrogens (tertiary/aromatic N) is 1. The predicted molar refractivity (Wildman–Crippen MR) is 51.8 cm³/mol. The Kier molecular flexibility index (Phi) is 2.60. The van der Waals surface area contributed by atoms with Crippen molar-refractivity contribution < 1.29 is 4.74 Å². The molecule has 0 unspecified atom stereocenters. The minimum Gasteiger partial charge on any atom is -0.381 e. The molecule has 0 aliphatic carbocycles. The molecule has 2 nitrogen and oxygen atoms in total. The molecule has 2 rings (SSSR count). The van der Waals surface area contributed by atoms with Crippen molar-refractivity contribution in [2.24, 2.45) is 0 Å². The van der Waals surface area contributed by atoms with Crippen LogP contribution < -0.4 is 0 Å². The molecule has 1 fully saturated rings. The van der Waals surface area contributed by atoms with Crippen molar-refractivity contribution in [3.63, 3.8) is 0 Å². The summed E-state index contributed by atoms with van der Waals surface area (Å²) in [6, 6.07) is 4.28. The summed E-state index contributed by atoms with van der Waals surface area (Å²) in [7, 11) is 0. The molecule has 0 atom stereocenters. The lowest BCUT2D eigenvalue weighted by Gasteiger charge is -2.21. The molecule has 70 valence electrons. The molecule has 13 heavy (non-hydrogen) atoms. The van der Waals surface area contributed by atoms with E-state index in [0.717, 1.165) is 26.1 Å². The highest BCUT2D eigenvalue weighted by Crippen LogP contribution is 2.24. The first kappa shape index (κ1) is 8.70. The number of ether oxygens (including phenoxy) is 1. The van der Waals surface area contributed by atoms with Crippen LogP contribution in [0.1, 0.15) is 30.0 Å². The molecule has 0 spiro atoms. The SMILES string of the molecule is Cc1ccc(C2CCOCC2)nc1. The van der Waals surface area contributed by atoms with E-state index in [1.54, 1.807) is 0 Å². The monoisotopic (exact) mass is 177 g/mol. The van der Waals surface area contributed by atoms with E-state index in [0.29, 0.717) is 5.92 Å². The van der Waals surface area contributed by atoms with Crippen molar-refractivity contribution in [3.8, 4) is 0 Å². The van der Waals surface area contributed by atoms with Crippen LogP contribution in [-0.4, -0.2) is 18.2 Å². The van der Waals surface area contributed by atoms with Crippen molar-refractivity contribution >= 4 is 0 Å². The summed E-state index contributed by atoms with van der Waals surface area (Å²) in [6.07, 6.45) is 4.19. The Balaban J connectivity index is 2.10. The molecule has 1 saturated heterocycles. The van der Waals surface area contributed by atoms with Crippen LogP contribution in [-0.2, 0) is 4.74 Å². The third-order valence-corrected chi connectivity index (χ3v) is 2.57. The second kappa shape index (κ2) is 3.88. The summed E-state index contributed by atoms with van der Waals surface area (Å²) < 4.78 is 5.32. The first-order valence-corrected chi connectivity index (χ1v) is 4.86. The van der Waals surface area contributed by atoms with Gasteiger partial charge in [0.1, 0.15) is 0 Å². The smallest absolute Gasteiger partial charge is 0.0472 e. The maximum Gasteiger partial charge on any atom is 0.0472 e. The van der Waals surface area contributed by atoms with E-state index >= 15 is 0 Å². The van der Waals surface area contributed by atoms with Crippen LogP contribution in [0.25, 0.3) is 0 Å². The third kappa shape index (κ3) is 2.07. The van der Waals surface area contributed by atoms with E-state index in [1.165, 1.54) is 11.3 Å². The second-order valence-corrected chi connectivity index (χ2v) is 3.65. The highest BCUT2D eigenvalue weighted by atomic mass is 16.5. The van der Waals surface area contributed by atoms with Crippen molar-refractivity contribution in [2.75, 3.05) is 13.2 Å². The molecule has 0 aromatic carbocycles. The molecule has 0 bridgehead atoms. The van der Waals surface area contributed by atoms with E-state index in [1.807, 2.05) is 6.20 Å². The highest BCUT2D eigenvalue weighted by molar-refractivity contribution is 5.15. The zero-order valence-electron chi connectivity index (χ0n) is 7.99. The molecule has 0 radical (unpaired) electrons. The largest absolute Gasteiger partial charge is 0.381 e. The Hall–Kier alpha value is -0.890. The van der Waals surface area contributed by atoms with Gasteiger partial charge in [-0.25, -0.2) is 0 Å². The van der Waals surface area contributed by atoms with Crippen LogP contribution >= 0.6 is 0 Å². The van der Waals surface area contributed by atoms with Gasteiger partial charge in [0.15, 0.2) is 0 Å². The summed E-state index contributed by atoms with van der Waals surface area (Å²) in [5.41, 5.74) is 2.46. The van der Waals surface area contributed by atoms with E-state index in [-0.39, 0.29) is 0 Å². The Morgan fingerprint density at radius 1 is 1.31 bits per heavy atom. The molecular formula is C11H15NO. The summed E-state index contributed by atoms with van der Waals surface area (Å²) in [6.45, 7) is 3.85. The third-order valence-electron chi connectivity index (χ3n) is 2.57. The van der Waals surface area contributed by atoms with Crippen molar-refractivity contribution in [1.82, 2.24) is 4.98 Å². The van der Waals surface area contributed by atoms with Gasteiger partial charge in [-0.3, -0.25) is 4.98 Å². The number of pyridine rings is 1. The number of aryl methyl sites for hydroxylation is 1. The summed E-state index contributed by atoms with van der Waals surface area (Å²) in [5.74, 6) is 0.620. The van der Waals surface area contributed by atoms with Gasteiger partial charge in [0, 0.05) is 31.0 Å². The summed E-state index contributed by atoms with van der Waals surface area (Å²) >= 11 is 0. The van der Waals surface area contributed by atoms with E-state index in [2.05, 4.69) is 24.0 Å². The van der Waals surface area contributed by atoms with Crippen LogP contribution in [0.4, 0.5) is 0 Å². The van der Waals surface area contributed by atoms with Gasteiger partial charge in [-0.1, -0.05) is 6.07 Å². The van der Waals surface area contributed by atoms with Crippen molar-refractivity contribution in [2.45, 2.75) is 25.7 Å². The normalized spacial score (nSPS) is 18.8. The van der Waals surface area contributed by atoms with Crippen LogP contribution in [0.5, 0.6) is 0 Å². The molecule has 1 aliphatic heterocycles. The van der Waals surface area contributed by atoms with Crippen molar-refractivity contribution in [1.29, 1.82) is 0 Å². The lowest BCUT2D eigenvalue weighted by molar-refractivity contribution is 0.0845. The molecule has 1 aromatic heterocycles. The number of hydrogen-bond donors (Lipinski definition) is 0. The molecule has 1 aliphatic rings. The van der Waals surface area contributed by atoms with Crippen LogP contribution in [0.2, 0.25) is 0 Å². The second-order valence-electron chi connectivity index (χ2n) is 3.65. The zero-order chi connectivity index (χ0) is 9.10. The number of hydrogen-bond acceptors (Lipinski definition) is 2. The molecule has 0 amide bonds. The van der Waals surface area contributed by atoms with Crippen LogP contribution in [0.15, 0.2) is 18.3 Å². The first-order valence-electron chi connectivity index (χ1n) is 4.86. The van der Waals surface area contributed by atoms with Gasteiger partial charge in [0.25, 0.3) is 0 Å². The summed E-state index contributed by atoms with van der Waals surface area (Å²) in [4.78, 5) is 4.45. The topological polar surface area (TPSA) is 22.1 Å². The Labute approximate surface area is 78.9 Å². The number of aromatic nitrogens is 1. The Morgan fingerprint density at radius 2 is 2.08 bits per heavy atom. The van der Waals surface area contributed by atoms with Gasteiger partial charge >= 0.3 is 0 Å². The highest BCUT2D eigenvalue weighted by Gasteiger charge is 2.16. The van der Waals surface area contributed by atoms with E-state index < -0.39 is 0 Å². The van der Waals surface area contributed by atoms with Gasteiger partial charge in [-0.05, 0) is 31.4 Å². The first-order chi connectivity index (χ1) is 6.36. The fraction of sp³-hybridized carbons (Fsp3) is 0.545. The van der Waals surface area contributed by atoms with Gasteiger partial charge in [-0.15, -0.1) is 0 Å². The number of rotatable bonds is 1. The van der Waals surface area contributed by atoms with Gasteiger partial charge in [0.05, 0.1) is 0 Å². The van der Waals surface area contributed by atoms with Crippen LogP contribution in [0.3, 0.4) is 0 Å². The molecule has 0 saturated carbocycles. The van der Waals surface area contributed by atoms with Crippen molar-refractivity contribution in [3.05, 3.63) is 29.6 Å². The van der Waals surface area contributed by atoms with E-state index in [9.17, 15) is 0 Å². The molecule has 2 heteroatoms. The quantitative estimate of drug-likeness (QED) is 0.656. The maximum absolute atomic E-state index is 5.32. The van der Waals surface area contributed by atoms with Gasteiger partial charge in [0.2, 0.25) is 0 Å². The lowest BCUT2D eigenvalue weighted by atomic mass is 9.96. The maximum atomic E-state index is 5.32. The predicted octanol–water partition coefficient (Wildman–Crippen LogP) is 2.28. The summed E-state index contributed by atoms with van der Waals surface area (Å²) in [5, 5.41) is 0. The molecule has 1 aromatic rings. The molecular weight excluding hydrogens is 162 g/mol. The lowest BCUT2D eigenvalue weighted by Crippen LogP contribution is -2.14. The minimum absolute atomic E-state index is 0.620. The fourth-order valence-electron chi connectivity index (χ4n) is 1.71. The molecule has 0 N–H and O–H groups in total. The molecule has 2 heterocycles. The zero-order valence-corrected chi connectivity index (χ0v) is 7.99. The Morgan fingerprint density at radius 3 is 2.69 bits per heavy atom. The van der Waals surface area contributed by atoms with E-state index in [4.69, 9.17) is 4.74 Å². The fourth-order valence-corrected chi connectivity index (χ4v) is 1.71. The van der Waals surface area contributed by atoms with Gasteiger partial charge in [-0.2, -0.15) is 0 Å². The average molecular weight is 177 g/mol. The van der Waals surface area contributed by atoms with Crippen LogP contribution in [0, 0.1) is 6.92 Å².